The van der Waals surface area contributed by atoms with Crippen molar-refractivity contribution in [1.29, 1.82) is 0 Å². The first-order chi connectivity index (χ1) is 28.3. The van der Waals surface area contributed by atoms with E-state index in [2.05, 4.69) is 102 Å². The van der Waals surface area contributed by atoms with Crippen molar-refractivity contribution < 1.29 is 14.4 Å². The van der Waals surface area contributed by atoms with Crippen LogP contribution in [0.15, 0.2) is 66.7 Å². The quantitative estimate of drug-likeness (QED) is 0.190. The van der Waals surface area contributed by atoms with Crippen LogP contribution < -0.4 is 25.8 Å². The molecule has 7 heterocycles. The lowest BCUT2D eigenvalue weighted by atomic mass is 9.93. The van der Waals surface area contributed by atoms with Crippen molar-refractivity contribution in [3.8, 4) is 11.3 Å². The zero-order valence-electron chi connectivity index (χ0n) is 33.0. The average Bonchev–Trinajstić information content (AvgIpc) is 3.75. The largest absolute Gasteiger partial charge is 0.381 e. The summed E-state index contributed by atoms with van der Waals surface area (Å²) in [5.41, 5.74) is 8.09. The number of aromatic nitrogens is 3. The molecule has 298 valence electrons. The number of amides is 3. The van der Waals surface area contributed by atoms with Crippen LogP contribution in [0.2, 0.25) is 0 Å². The fourth-order valence-electron chi connectivity index (χ4n) is 9.15. The molecule has 0 aliphatic carbocycles. The van der Waals surface area contributed by atoms with E-state index in [0.29, 0.717) is 19.4 Å². The SMILES string of the molecule is C[C@@H]1CNc2c(sc3ccc4nc(-c5ccc(N6CCN(CCN7CCN(c8ccc9c(C%10CCC(=O)NC%10=O)nn(C)c9c8)CC7)CC6)cc5)ccc4c23)C(=O)N1. The number of anilines is 3. The lowest BCUT2D eigenvalue weighted by Crippen LogP contribution is -2.51. The molecule has 58 heavy (non-hydrogen) atoms. The summed E-state index contributed by atoms with van der Waals surface area (Å²) in [7, 11) is 1.93. The Morgan fingerprint density at radius 3 is 2.21 bits per heavy atom. The molecule has 2 atom stereocenters. The van der Waals surface area contributed by atoms with Crippen LogP contribution in [-0.2, 0) is 16.6 Å². The van der Waals surface area contributed by atoms with E-state index in [0.717, 1.165) is 125 Å². The number of piperidine rings is 1. The number of nitrogens with zero attached hydrogens (tertiary/aromatic N) is 7. The minimum atomic E-state index is -0.392. The van der Waals surface area contributed by atoms with Crippen LogP contribution in [0.5, 0.6) is 0 Å². The molecular weight excluding hydrogens is 749 g/mol. The van der Waals surface area contributed by atoms with Crippen LogP contribution in [0, 0.1) is 0 Å². The van der Waals surface area contributed by atoms with Gasteiger partial charge in [-0.3, -0.25) is 34.2 Å². The van der Waals surface area contributed by atoms with Gasteiger partial charge in [0, 0.05) is 129 Å². The van der Waals surface area contributed by atoms with Crippen LogP contribution in [0.1, 0.15) is 41.0 Å². The molecule has 14 heteroatoms. The second-order valence-corrected chi connectivity index (χ2v) is 17.2. The molecule has 3 N–H and O–H groups in total. The molecule has 4 aliphatic heterocycles. The molecule has 3 aromatic carbocycles. The number of thiophene rings is 1. The van der Waals surface area contributed by atoms with Crippen LogP contribution >= 0.6 is 11.3 Å². The van der Waals surface area contributed by atoms with Gasteiger partial charge >= 0.3 is 0 Å². The Morgan fingerprint density at radius 2 is 1.48 bits per heavy atom. The zero-order valence-corrected chi connectivity index (χ0v) is 33.8. The number of nitrogens with one attached hydrogen (secondary N) is 3. The van der Waals surface area contributed by atoms with Crippen molar-refractivity contribution in [2.45, 2.75) is 31.7 Å². The molecule has 13 nitrogen and oxygen atoms in total. The molecule has 4 aliphatic rings. The Labute approximate surface area is 341 Å². The van der Waals surface area contributed by atoms with Gasteiger partial charge < -0.3 is 20.4 Å². The Balaban J connectivity index is 0.715. The van der Waals surface area contributed by atoms with Gasteiger partial charge in [-0.05, 0) is 67.9 Å². The van der Waals surface area contributed by atoms with Crippen molar-refractivity contribution in [2.75, 3.05) is 87.1 Å². The first-order valence-electron chi connectivity index (χ1n) is 20.5. The van der Waals surface area contributed by atoms with E-state index in [-0.39, 0.29) is 23.8 Å². The number of imide groups is 1. The maximum Gasteiger partial charge on any atom is 0.263 e. The number of pyridine rings is 1. The molecule has 0 saturated carbocycles. The fourth-order valence-corrected chi connectivity index (χ4v) is 10.3. The topological polar surface area (TPSA) is 131 Å². The average molecular weight is 797 g/mol. The predicted molar refractivity (Wildman–Crippen MR) is 231 cm³/mol. The highest BCUT2D eigenvalue weighted by molar-refractivity contribution is 7.21. The van der Waals surface area contributed by atoms with Crippen LogP contribution in [0.25, 0.3) is 43.1 Å². The zero-order chi connectivity index (χ0) is 39.5. The number of carbonyl (C=O) groups excluding carboxylic acids is 3. The van der Waals surface area contributed by atoms with Gasteiger partial charge in [0.1, 0.15) is 4.88 Å². The number of hydrogen-bond donors (Lipinski definition) is 3. The number of piperazine rings is 2. The van der Waals surface area contributed by atoms with Gasteiger partial charge in [0.05, 0.1) is 34.0 Å². The van der Waals surface area contributed by atoms with Crippen molar-refractivity contribution in [3.05, 3.63) is 77.3 Å². The number of aryl methyl sites for hydroxylation is 1. The summed E-state index contributed by atoms with van der Waals surface area (Å²) < 4.78 is 2.96. The summed E-state index contributed by atoms with van der Waals surface area (Å²) >= 11 is 1.54. The molecule has 1 unspecified atom stereocenters. The van der Waals surface area contributed by atoms with E-state index in [4.69, 9.17) is 10.1 Å². The van der Waals surface area contributed by atoms with Gasteiger partial charge in [-0.2, -0.15) is 5.10 Å². The highest BCUT2D eigenvalue weighted by atomic mass is 32.1. The van der Waals surface area contributed by atoms with Gasteiger partial charge in [-0.1, -0.05) is 12.1 Å². The molecular formula is C44H48N10O3S. The highest BCUT2D eigenvalue weighted by Crippen LogP contribution is 2.41. The summed E-state index contributed by atoms with van der Waals surface area (Å²) in [6.07, 6.45) is 0.847. The second kappa shape index (κ2) is 15.0. The van der Waals surface area contributed by atoms with E-state index in [1.807, 2.05) is 18.7 Å². The summed E-state index contributed by atoms with van der Waals surface area (Å²) in [5, 5.41) is 16.9. The summed E-state index contributed by atoms with van der Waals surface area (Å²) in [5.74, 6) is -0.858. The highest BCUT2D eigenvalue weighted by Gasteiger charge is 2.32. The lowest BCUT2D eigenvalue weighted by molar-refractivity contribution is -0.134. The molecule has 6 aromatic rings. The maximum absolute atomic E-state index is 12.9. The van der Waals surface area contributed by atoms with Gasteiger partial charge in [-0.25, -0.2) is 4.98 Å². The smallest absolute Gasteiger partial charge is 0.263 e. The van der Waals surface area contributed by atoms with Crippen LogP contribution in [0.3, 0.4) is 0 Å². The van der Waals surface area contributed by atoms with E-state index < -0.39 is 5.92 Å². The number of benzene rings is 3. The molecule has 3 saturated heterocycles. The first-order valence-corrected chi connectivity index (χ1v) is 21.3. The van der Waals surface area contributed by atoms with Crippen LogP contribution in [-0.4, -0.2) is 120 Å². The molecule has 0 bridgehead atoms. The van der Waals surface area contributed by atoms with Gasteiger partial charge in [0.2, 0.25) is 11.8 Å². The van der Waals surface area contributed by atoms with Gasteiger partial charge in [0.25, 0.3) is 5.91 Å². The van der Waals surface area contributed by atoms with Crippen molar-refractivity contribution >= 4 is 78.0 Å². The van der Waals surface area contributed by atoms with E-state index in [1.165, 1.54) is 22.7 Å². The number of carbonyl (C=O) groups is 3. The van der Waals surface area contributed by atoms with E-state index in [1.54, 1.807) is 0 Å². The number of rotatable bonds is 7. The van der Waals surface area contributed by atoms with Crippen LogP contribution in [0.4, 0.5) is 17.1 Å². The standard InChI is InChI=1S/C44H48N10O3S/c1-27-26-45-41-39-31-9-11-34(47-35(31)12-13-37(39)58-42(41)44(57)46-27)28-3-5-29(6-4-28)53-21-17-51(18-22-53)15-16-52-19-23-54(24-20-52)30-7-8-32-36(25-30)50(2)49-40(32)33-10-14-38(55)48-43(33)56/h3-9,11-13,25,27,33,45H,10,14-24,26H2,1-2H3,(H,46,57)(H,48,55,56)/t27-,33?/m1/s1. The fraction of sp³-hybridized carbons (Fsp3) is 0.386. The van der Waals surface area contributed by atoms with Crippen molar-refractivity contribution in [3.63, 3.8) is 0 Å². The first kappa shape index (κ1) is 36.7. The molecule has 10 rings (SSSR count). The van der Waals surface area contributed by atoms with E-state index >= 15 is 0 Å². The van der Waals surface area contributed by atoms with Crippen molar-refractivity contribution in [2.24, 2.45) is 7.05 Å². The summed E-state index contributed by atoms with van der Waals surface area (Å²) in [4.78, 5) is 53.0. The molecule has 0 radical (unpaired) electrons. The number of fused-ring (bicyclic) bond motifs is 6. The molecule has 3 fully saturated rings. The Bertz CT molecular complexity index is 2570. The Hall–Kier alpha value is -5.57. The third-order valence-corrected chi connectivity index (χ3v) is 13.6. The molecule has 0 spiro atoms. The minimum Gasteiger partial charge on any atom is -0.381 e. The van der Waals surface area contributed by atoms with E-state index in [9.17, 15) is 14.4 Å². The van der Waals surface area contributed by atoms with Gasteiger partial charge in [-0.15, -0.1) is 11.3 Å². The third kappa shape index (κ3) is 6.82. The Morgan fingerprint density at radius 1 is 0.793 bits per heavy atom. The summed E-state index contributed by atoms with van der Waals surface area (Å²) in [6.45, 7) is 13.0. The molecule has 3 amide bonds. The monoisotopic (exact) mass is 796 g/mol. The second-order valence-electron chi connectivity index (χ2n) is 16.2. The minimum absolute atomic E-state index is 0.0118. The lowest BCUT2D eigenvalue weighted by Gasteiger charge is -2.39. The normalized spacial score (nSPS) is 21.0. The third-order valence-electron chi connectivity index (χ3n) is 12.5. The Kier molecular flexibility index (Phi) is 9.49. The predicted octanol–water partition coefficient (Wildman–Crippen LogP) is 5.01. The van der Waals surface area contributed by atoms with Crippen molar-refractivity contribution in [1.82, 2.24) is 35.2 Å². The van der Waals surface area contributed by atoms with Gasteiger partial charge in [0.15, 0.2) is 0 Å². The number of hydrogen-bond acceptors (Lipinski definition) is 11. The molecule has 3 aromatic heterocycles. The maximum atomic E-state index is 12.9. The summed E-state index contributed by atoms with van der Waals surface area (Å²) in [6, 6.07) is 23.7.